The van der Waals surface area contributed by atoms with Crippen molar-refractivity contribution in [3.05, 3.63) is 55.7 Å². The van der Waals surface area contributed by atoms with Crippen LogP contribution in [0.25, 0.3) is 0 Å². The number of halogens is 1. The van der Waals surface area contributed by atoms with Crippen molar-refractivity contribution in [1.29, 1.82) is 0 Å². The molecule has 184 valence electrons. The summed E-state index contributed by atoms with van der Waals surface area (Å²) in [6.45, 7) is 6.35. The molecule has 10 nitrogen and oxygen atoms in total. The summed E-state index contributed by atoms with van der Waals surface area (Å²) >= 11 is 5.99. The Morgan fingerprint density at radius 1 is 1.15 bits per heavy atom. The molecule has 3 N–H and O–H groups in total. The van der Waals surface area contributed by atoms with Gasteiger partial charge in [0.05, 0.1) is 6.54 Å². The van der Waals surface area contributed by atoms with E-state index in [-0.39, 0.29) is 36.4 Å². The standard InChI is InChI=1S/C23H31ClN6O4/c1-3-5-9-30-20(25)19(21(32)26-23(30)34)29(4-2)18(31)15-27-10-12-28(13-11-27)22(33)16-7-6-8-17(24)14-16/h6-8,14H,3-5,9-13,15,25H2,1-2H3,(H,26,32,34). The molecule has 1 aromatic heterocycles. The number of rotatable bonds is 8. The summed E-state index contributed by atoms with van der Waals surface area (Å²) in [6, 6.07) is 6.82. The first-order valence-corrected chi connectivity index (χ1v) is 11.8. The van der Waals surface area contributed by atoms with E-state index in [1.54, 1.807) is 36.1 Å². The van der Waals surface area contributed by atoms with E-state index >= 15 is 0 Å². The Hall–Kier alpha value is -3.11. The van der Waals surface area contributed by atoms with Gasteiger partial charge in [-0.15, -0.1) is 0 Å². The molecule has 11 heteroatoms. The number of carbonyl (C=O) groups is 2. The number of carbonyl (C=O) groups excluding carboxylic acids is 2. The topological polar surface area (TPSA) is 125 Å². The monoisotopic (exact) mass is 490 g/mol. The Labute approximate surface area is 202 Å². The Morgan fingerprint density at radius 2 is 1.85 bits per heavy atom. The lowest BCUT2D eigenvalue weighted by atomic mass is 10.2. The molecule has 3 rings (SSSR count). The molecule has 0 aliphatic carbocycles. The van der Waals surface area contributed by atoms with Crippen LogP contribution in [0.2, 0.25) is 5.02 Å². The molecule has 0 unspecified atom stereocenters. The number of H-pyrrole nitrogens is 1. The molecule has 1 aliphatic rings. The average Bonchev–Trinajstić information content (AvgIpc) is 2.81. The number of hydrogen-bond acceptors (Lipinski definition) is 6. The Morgan fingerprint density at radius 3 is 2.47 bits per heavy atom. The number of nitrogens with one attached hydrogen (secondary N) is 1. The second-order valence-corrected chi connectivity index (χ2v) is 8.65. The second-order valence-electron chi connectivity index (χ2n) is 8.22. The maximum absolute atomic E-state index is 13.1. The van der Waals surface area contributed by atoms with Gasteiger partial charge >= 0.3 is 5.69 Å². The fraction of sp³-hybridized carbons (Fsp3) is 0.478. The summed E-state index contributed by atoms with van der Waals surface area (Å²) in [4.78, 5) is 57.9. The smallest absolute Gasteiger partial charge is 0.330 e. The minimum atomic E-state index is -0.678. The molecule has 0 radical (unpaired) electrons. The van der Waals surface area contributed by atoms with Crippen molar-refractivity contribution >= 4 is 34.9 Å². The van der Waals surface area contributed by atoms with Gasteiger partial charge in [-0.2, -0.15) is 0 Å². The number of nitrogens with zero attached hydrogens (tertiary/aromatic N) is 4. The molecule has 2 amide bonds. The van der Waals surface area contributed by atoms with Crippen LogP contribution in [0, 0.1) is 0 Å². The van der Waals surface area contributed by atoms with Gasteiger partial charge in [0.25, 0.3) is 11.5 Å². The minimum Gasteiger partial charge on any atom is -0.383 e. The molecular formula is C23H31ClN6O4. The van der Waals surface area contributed by atoms with E-state index < -0.39 is 11.2 Å². The quantitative estimate of drug-likeness (QED) is 0.576. The number of likely N-dealkylation sites (N-methyl/N-ethyl adjacent to an activating group) is 1. The van der Waals surface area contributed by atoms with Gasteiger partial charge < -0.3 is 15.5 Å². The van der Waals surface area contributed by atoms with Crippen LogP contribution in [-0.2, 0) is 11.3 Å². The van der Waals surface area contributed by atoms with Crippen molar-refractivity contribution in [2.45, 2.75) is 33.2 Å². The molecule has 2 heterocycles. The lowest BCUT2D eigenvalue weighted by Gasteiger charge is -2.35. The normalized spacial score (nSPS) is 14.3. The number of amides is 2. The highest BCUT2D eigenvalue weighted by atomic mass is 35.5. The van der Waals surface area contributed by atoms with Crippen LogP contribution in [0.1, 0.15) is 37.0 Å². The van der Waals surface area contributed by atoms with Gasteiger partial charge in [0.1, 0.15) is 5.82 Å². The summed E-state index contributed by atoms with van der Waals surface area (Å²) in [5, 5.41) is 0.505. The lowest BCUT2D eigenvalue weighted by Crippen LogP contribution is -2.52. The number of hydrogen-bond donors (Lipinski definition) is 2. The molecule has 0 saturated carbocycles. The Bertz CT molecular complexity index is 1150. The van der Waals surface area contributed by atoms with E-state index in [9.17, 15) is 19.2 Å². The SMILES string of the molecule is CCCCn1c(N)c(N(CC)C(=O)CN2CCN(C(=O)c3cccc(Cl)c3)CC2)c(=O)[nH]c1=O. The van der Waals surface area contributed by atoms with Crippen LogP contribution in [0.3, 0.4) is 0 Å². The number of nitrogen functional groups attached to an aromatic ring is 1. The van der Waals surface area contributed by atoms with Gasteiger partial charge in [-0.3, -0.25) is 28.8 Å². The summed E-state index contributed by atoms with van der Waals surface area (Å²) in [5.74, 6) is -0.401. The third-order valence-electron chi connectivity index (χ3n) is 5.93. The van der Waals surface area contributed by atoms with Crippen molar-refractivity contribution in [1.82, 2.24) is 19.4 Å². The highest BCUT2D eigenvalue weighted by molar-refractivity contribution is 6.30. The maximum Gasteiger partial charge on any atom is 0.330 e. The number of aromatic nitrogens is 2. The molecule has 2 aromatic rings. The van der Waals surface area contributed by atoms with Gasteiger partial charge in [-0.1, -0.05) is 31.0 Å². The number of unbranched alkanes of at least 4 members (excludes halogenated alkanes) is 1. The summed E-state index contributed by atoms with van der Waals surface area (Å²) in [6.07, 6.45) is 1.57. The first-order valence-electron chi connectivity index (χ1n) is 11.5. The number of piperazine rings is 1. The van der Waals surface area contributed by atoms with Gasteiger partial charge in [-0.05, 0) is 31.5 Å². The zero-order chi connectivity index (χ0) is 24.8. The number of anilines is 2. The summed E-state index contributed by atoms with van der Waals surface area (Å²) < 4.78 is 1.30. The third kappa shape index (κ3) is 5.68. The lowest BCUT2D eigenvalue weighted by molar-refractivity contribution is -0.120. The number of nitrogens with two attached hydrogens (primary N) is 1. The van der Waals surface area contributed by atoms with Crippen molar-refractivity contribution in [3.8, 4) is 0 Å². The van der Waals surface area contributed by atoms with Crippen LogP contribution in [0.15, 0.2) is 33.9 Å². The molecule has 0 spiro atoms. The molecule has 0 atom stereocenters. The molecule has 1 saturated heterocycles. The van der Waals surface area contributed by atoms with E-state index in [0.717, 1.165) is 6.42 Å². The largest absolute Gasteiger partial charge is 0.383 e. The van der Waals surface area contributed by atoms with Gasteiger partial charge in [-0.25, -0.2) is 4.79 Å². The van der Waals surface area contributed by atoms with E-state index in [1.807, 2.05) is 11.8 Å². The van der Waals surface area contributed by atoms with Crippen molar-refractivity contribution < 1.29 is 9.59 Å². The molecule has 1 aliphatic heterocycles. The predicted octanol–water partition coefficient (Wildman–Crippen LogP) is 1.38. The summed E-state index contributed by atoms with van der Waals surface area (Å²) in [7, 11) is 0. The van der Waals surface area contributed by atoms with Gasteiger partial charge in [0.2, 0.25) is 5.91 Å². The van der Waals surface area contributed by atoms with Crippen LogP contribution in [0.4, 0.5) is 11.5 Å². The zero-order valence-electron chi connectivity index (χ0n) is 19.6. The van der Waals surface area contributed by atoms with Crippen molar-refractivity contribution in [2.24, 2.45) is 0 Å². The Kier molecular flexibility index (Phi) is 8.51. The first kappa shape index (κ1) is 25.5. The van der Waals surface area contributed by atoms with E-state index in [4.69, 9.17) is 17.3 Å². The molecular weight excluding hydrogens is 460 g/mol. The van der Waals surface area contributed by atoms with Crippen LogP contribution in [-0.4, -0.2) is 70.4 Å². The zero-order valence-corrected chi connectivity index (χ0v) is 20.3. The highest BCUT2D eigenvalue weighted by Gasteiger charge is 2.27. The van der Waals surface area contributed by atoms with Crippen LogP contribution >= 0.6 is 11.6 Å². The fourth-order valence-electron chi connectivity index (χ4n) is 4.03. The molecule has 34 heavy (non-hydrogen) atoms. The number of benzene rings is 1. The second kappa shape index (κ2) is 11.3. The van der Waals surface area contributed by atoms with E-state index in [2.05, 4.69) is 4.98 Å². The van der Waals surface area contributed by atoms with Crippen molar-refractivity contribution in [2.75, 3.05) is 49.9 Å². The van der Waals surface area contributed by atoms with Gasteiger partial charge in [0.15, 0.2) is 5.69 Å². The van der Waals surface area contributed by atoms with E-state index in [1.165, 1.54) is 9.47 Å². The average molecular weight is 491 g/mol. The van der Waals surface area contributed by atoms with E-state index in [0.29, 0.717) is 49.7 Å². The van der Waals surface area contributed by atoms with Crippen LogP contribution < -0.4 is 21.9 Å². The molecule has 1 fully saturated rings. The number of aromatic amines is 1. The molecule has 1 aromatic carbocycles. The van der Waals surface area contributed by atoms with Crippen LogP contribution in [0.5, 0.6) is 0 Å². The van der Waals surface area contributed by atoms with Gasteiger partial charge in [0, 0.05) is 49.9 Å². The summed E-state index contributed by atoms with van der Waals surface area (Å²) in [5.41, 5.74) is 5.44. The predicted molar refractivity (Wildman–Crippen MR) is 132 cm³/mol. The first-order chi connectivity index (χ1) is 16.3. The molecule has 0 bridgehead atoms. The third-order valence-corrected chi connectivity index (χ3v) is 6.16. The maximum atomic E-state index is 13.1. The Balaban J connectivity index is 1.68. The highest BCUT2D eigenvalue weighted by Crippen LogP contribution is 2.18. The van der Waals surface area contributed by atoms with Crippen molar-refractivity contribution in [3.63, 3.8) is 0 Å². The fourth-order valence-corrected chi connectivity index (χ4v) is 4.22. The minimum absolute atomic E-state index is 0.00188.